The SMILES string of the molecule is CCNC(CSC(C)(C)C)c1ccc(OC(C)C)cc1. The summed E-state index contributed by atoms with van der Waals surface area (Å²) < 4.78 is 6.00. The first-order valence-electron chi connectivity index (χ1n) is 7.45. The van der Waals surface area contributed by atoms with E-state index >= 15 is 0 Å². The molecule has 2 nitrogen and oxygen atoms in total. The van der Waals surface area contributed by atoms with E-state index in [9.17, 15) is 0 Å². The molecule has 1 N–H and O–H groups in total. The highest BCUT2D eigenvalue weighted by atomic mass is 32.2. The van der Waals surface area contributed by atoms with Crippen molar-refractivity contribution < 1.29 is 4.74 Å². The van der Waals surface area contributed by atoms with Gasteiger partial charge in [-0.3, -0.25) is 0 Å². The topological polar surface area (TPSA) is 21.3 Å². The van der Waals surface area contributed by atoms with Gasteiger partial charge in [0.05, 0.1) is 6.10 Å². The van der Waals surface area contributed by atoms with Crippen LogP contribution in [0.1, 0.15) is 53.1 Å². The predicted molar refractivity (Wildman–Crippen MR) is 90.8 cm³/mol. The molecule has 0 aliphatic rings. The predicted octanol–water partition coefficient (Wildman–Crippen LogP) is 4.66. The third-order valence-corrected chi connectivity index (χ3v) is 4.15. The van der Waals surface area contributed by atoms with Crippen molar-refractivity contribution >= 4 is 11.8 Å². The van der Waals surface area contributed by atoms with Gasteiger partial charge in [0, 0.05) is 16.5 Å². The molecule has 0 fully saturated rings. The molecule has 0 amide bonds. The molecule has 0 saturated carbocycles. The fraction of sp³-hybridized carbons (Fsp3) is 0.647. The molecule has 0 radical (unpaired) electrons. The summed E-state index contributed by atoms with van der Waals surface area (Å²) in [6.45, 7) is 14.0. The van der Waals surface area contributed by atoms with E-state index in [0.717, 1.165) is 18.0 Å². The van der Waals surface area contributed by atoms with E-state index in [4.69, 9.17) is 4.74 Å². The van der Waals surface area contributed by atoms with Crippen LogP contribution in [0, 0.1) is 0 Å². The highest BCUT2D eigenvalue weighted by Crippen LogP contribution is 2.29. The van der Waals surface area contributed by atoms with Crippen molar-refractivity contribution in [2.24, 2.45) is 0 Å². The van der Waals surface area contributed by atoms with Crippen LogP contribution in [0.15, 0.2) is 24.3 Å². The Labute approximate surface area is 128 Å². The van der Waals surface area contributed by atoms with Crippen LogP contribution in [0.25, 0.3) is 0 Å². The van der Waals surface area contributed by atoms with Crippen LogP contribution in [0.2, 0.25) is 0 Å². The zero-order chi connectivity index (χ0) is 15.2. The highest BCUT2D eigenvalue weighted by molar-refractivity contribution is 8.00. The molecule has 3 heteroatoms. The van der Waals surface area contributed by atoms with E-state index in [-0.39, 0.29) is 6.10 Å². The van der Waals surface area contributed by atoms with Gasteiger partial charge in [-0.15, -0.1) is 0 Å². The summed E-state index contributed by atoms with van der Waals surface area (Å²) in [5.41, 5.74) is 1.33. The lowest BCUT2D eigenvalue weighted by molar-refractivity contribution is 0.242. The summed E-state index contributed by atoms with van der Waals surface area (Å²) in [6.07, 6.45) is 0.224. The van der Waals surface area contributed by atoms with Gasteiger partial charge in [0.15, 0.2) is 0 Å². The van der Waals surface area contributed by atoms with Crippen molar-refractivity contribution in [3.63, 3.8) is 0 Å². The van der Waals surface area contributed by atoms with Crippen molar-refractivity contribution in [2.75, 3.05) is 12.3 Å². The van der Waals surface area contributed by atoms with Crippen LogP contribution >= 0.6 is 11.8 Å². The van der Waals surface area contributed by atoms with Crippen LogP contribution in [0.4, 0.5) is 0 Å². The van der Waals surface area contributed by atoms with Gasteiger partial charge < -0.3 is 10.1 Å². The van der Waals surface area contributed by atoms with Crippen molar-refractivity contribution in [2.45, 2.75) is 58.4 Å². The van der Waals surface area contributed by atoms with Gasteiger partial charge in [-0.2, -0.15) is 11.8 Å². The molecule has 1 unspecified atom stereocenters. The molecule has 0 saturated heterocycles. The third-order valence-electron chi connectivity index (χ3n) is 2.79. The van der Waals surface area contributed by atoms with E-state index in [1.54, 1.807) is 0 Å². The van der Waals surface area contributed by atoms with Gasteiger partial charge >= 0.3 is 0 Å². The molecule has 0 aliphatic heterocycles. The quantitative estimate of drug-likeness (QED) is 0.790. The van der Waals surface area contributed by atoms with E-state index < -0.39 is 0 Å². The van der Waals surface area contributed by atoms with Gasteiger partial charge in [0.25, 0.3) is 0 Å². The number of ether oxygens (including phenoxy) is 1. The van der Waals surface area contributed by atoms with E-state index in [0.29, 0.717) is 10.8 Å². The Morgan fingerprint density at radius 3 is 2.20 bits per heavy atom. The number of hydrogen-bond acceptors (Lipinski definition) is 3. The van der Waals surface area contributed by atoms with Gasteiger partial charge in [0.2, 0.25) is 0 Å². The van der Waals surface area contributed by atoms with E-state index in [1.807, 2.05) is 11.8 Å². The number of nitrogens with one attached hydrogen (secondary N) is 1. The molecule has 0 aromatic heterocycles. The largest absolute Gasteiger partial charge is 0.491 e. The third kappa shape index (κ3) is 6.67. The summed E-state index contributed by atoms with van der Waals surface area (Å²) in [6, 6.07) is 8.89. The first-order valence-corrected chi connectivity index (χ1v) is 8.44. The first kappa shape index (κ1) is 17.4. The number of hydrogen-bond donors (Lipinski definition) is 1. The second-order valence-corrected chi connectivity index (χ2v) is 8.12. The maximum atomic E-state index is 5.70. The Kier molecular flexibility index (Phi) is 6.90. The van der Waals surface area contributed by atoms with Crippen molar-refractivity contribution in [1.29, 1.82) is 0 Å². The summed E-state index contributed by atoms with van der Waals surface area (Å²) in [5.74, 6) is 2.03. The zero-order valence-corrected chi connectivity index (χ0v) is 14.5. The highest BCUT2D eigenvalue weighted by Gasteiger charge is 2.16. The maximum Gasteiger partial charge on any atom is 0.119 e. The Hall–Kier alpha value is -0.670. The van der Waals surface area contributed by atoms with Crippen LogP contribution < -0.4 is 10.1 Å². The Morgan fingerprint density at radius 2 is 1.75 bits per heavy atom. The number of rotatable bonds is 7. The molecule has 20 heavy (non-hydrogen) atoms. The minimum atomic E-state index is 0.224. The van der Waals surface area contributed by atoms with Gasteiger partial charge in [0.1, 0.15) is 5.75 Å². The van der Waals surface area contributed by atoms with E-state index in [2.05, 4.69) is 71.1 Å². The monoisotopic (exact) mass is 295 g/mol. The molecule has 1 aromatic rings. The maximum absolute atomic E-state index is 5.70. The summed E-state index contributed by atoms with van der Waals surface area (Å²) in [4.78, 5) is 0. The smallest absolute Gasteiger partial charge is 0.119 e. The summed E-state index contributed by atoms with van der Waals surface area (Å²) in [7, 11) is 0. The molecular formula is C17H29NOS. The van der Waals surface area contributed by atoms with Gasteiger partial charge in [-0.1, -0.05) is 39.8 Å². The normalized spacial score (nSPS) is 13.6. The van der Waals surface area contributed by atoms with Crippen LogP contribution in [-0.4, -0.2) is 23.1 Å². The minimum Gasteiger partial charge on any atom is -0.491 e. The average Bonchev–Trinajstić information content (AvgIpc) is 2.34. The molecule has 0 bridgehead atoms. The molecule has 0 heterocycles. The lowest BCUT2D eigenvalue weighted by Crippen LogP contribution is -2.25. The lowest BCUT2D eigenvalue weighted by atomic mass is 10.1. The fourth-order valence-electron chi connectivity index (χ4n) is 1.90. The van der Waals surface area contributed by atoms with Gasteiger partial charge in [-0.25, -0.2) is 0 Å². The average molecular weight is 295 g/mol. The zero-order valence-electron chi connectivity index (χ0n) is 13.7. The molecule has 0 aliphatic carbocycles. The Balaban J connectivity index is 2.71. The first-order chi connectivity index (χ1) is 9.31. The van der Waals surface area contributed by atoms with Gasteiger partial charge in [-0.05, 0) is 38.1 Å². The molecule has 1 rings (SSSR count). The molecule has 1 atom stereocenters. The Morgan fingerprint density at radius 1 is 1.15 bits per heavy atom. The fourth-order valence-corrected chi connectivity index (χ4v) is 2.88. The van der Waals surface area contributed by atoms with E-state index in [1.165, 1.54) is 5.56 Å². The van der Waals surface area contributed by atoms with Crippen LogP contribution in [-0.2, 0) is 0 Å². The number of benzene rings is 1. The van der Waals surface area contributed by atoms with Crippen molar-refractivity contribution in [3.05, 3.63) is 29.8 Å². The standard InChI is InChI=1S/C17H29NOS/c1-7-18-16(12-20-17(4,5)6)14-8-10-15(11-9-14)19-13(2)3/h8-11,13,16,18H,7,12H2,1-6H3. The van der Waals surface area contributed by atoms with Crippen LogP contribution in [0.3, 0.4) is 0 Å². The summed E-state index contributed by atoms with van der Waals surface area (Å²) in [5, 5.41) is 3.57. The summed E-state index contributed by atoms with van der Waals surface area (Å²) >= 11 is 2.00. The second-order valence-electron chi connectivity index (χ2n) is 6.27. The molecular weight excluding hydrogens is 266 g/mol. The Bertz CT molecular complexity index is 381. The van der Waals surface area contributed by atoms with Crippen LogP contribution in [0.5, 0.6) is 5.75 Å². The van der Waals surface area contributed by atoms with Crippen molar-refractivity contribution in [1.82, 2.24) is 5.32 Å². The van der Waals surface area contributed by atoms with Crippen molar-refractivity contribution in [3.8, 4) is 5.75 Å². The minimum absolute atomic E-state index is 0.224. The molecule has 0 spiro atoms. The lowest BCUT2D eigenvalue weighted by Gasteiger charge is -2.24. The number of thioether (sulfide) groups is 1. The molecule has 114 valence electrons. The molecule has 1 aromatic carbocycles. The second kappa shape index (κ2) is 7.94.